The largest absolute Gasteiger partial charge is 0.491 e. The highest BCUT2D eigenvalue weighted by Gasteiger charge is 2.01. The van der Waals surface area contributed by atoms with Gasteiger partial charge in [-0.15, -0.1) is 0 Å². The molecule has 0 aliphatic rings. The van der Waals surface area contributed by atoms with Crippen LogP contribution in [0.1, 0.15) is 6.42 Å². The van der Waals surface area contributed by atoms with E-state index in [1.807, 2.05) is 0 Å². The highest BCUT2D eigenvalue weighted by Crippen LogP contribution is 2.21. The number of nitrogen functional groups attached to an aromatic ring is 1. The van der Waals surface area contributed by atoms with E-state index >= 15 is 0 Å². The van der Waals surface area contributed by atoms with E-state index in [1.165, 1.54) is 18.2 Å². The van der Waals surface area contributed by atoms with Crippen LogP contribution in [0.25, 0.3) is 0 Å². The molecule has 0 aromatic heterocycles. The van der Waals surface area contributed by atoms with Crippen LogP contribution in [0.2, 0.25) is 0 Å². The zero-order chi connectivity index (χ0) is 9.68. The Morgan fingerprint density at radius 1 is 1.38 bits per heavy atom. The molecule has 13 heavy (non-hydrogen) atoms. The number of nitrogens with two attached hydrogens (primary N) is 1. The molecule has 0 saturated carbocycles. The number of hydrogen-bond donors (Lipinski definition) is 1. The van der Waals surface area contributed by atoms with E-state index < -0.39 is 12.5 Å². The molecular weight excluding hydrogens is 176 g/mol. The Kier molecular flexibility index (Phi) is 3.49. The van der Waals surface area contributed by atoms with Crippen molar-refractivity contribution in [2.75, 3.05) is 19.0 Å². The third kappa shape index (κ3) is 2.89. The maximum atomic E-state index is 12.6. The minimum Gasteiger partial charge on any atom is -0.491 e. The predicted molar refractivity (Wildman–Crippen MR) is 46.9 cm³/mol. The van der Waals surface area contributed by atoms with Gasteiger partial charge in [0.25, 0.3) is 0 Å². The first-order chi connectivity index (χ1) is 6.24. The Labute approximate surface area is 75.3 Å². The fourth-order valence-electron chi connectivity index (χ4n) is 0.870. The summed E-state index contributed by atoms with van der Waals surface area (Å²) in [5.41, 5.74) is 5.85. The smallest absolute Gasteiger partial charge is 0.145 e. The first-order valence-corrected chi connectivity index (χ1v) is 3.98. The number of halogens is 2. The second-order valence-electron chi connectivity index (χ2n) is 2.57. The van der Waals surface area contributed by atoms with Gasteiger partial charge in [0.15, 0.2) is 0 Å². The van der Waals surface area contributed by atoms with Crippen molar-refractivity contribution in [3.63, 3.8) is 0 Å². The molecule has 0 amide bonds. The molecular formula is C9H11F2NO. The van der Waals surface area contributed by atoms with Gasteiger partial charge < -0.3 is 10.5 Å². The number of hydrogen-bond acceptors (Lipinski definition) is 2. The van der Waals surface area contributed by atoms with E-state index in [4.69, 9.17) is 10.5 Å². The van der Waals surface area contributed by atoms with E-state index in [9.17, 15) is 8.78 Å². The fourth-order valence-corrected chi connectivity index (χ4v) is 0.870. The molecule has 1 rings (SSSR count). The van der Waals surface area contributed by atoms with Gasteiger partial charge in [0.2, 0.25) is 0 Å². The summed E-state index contributed by atoms with van der Waals surface area (Å²) in [5.74, 6) is -0.141. The van der Waals surface area contributed by atoms with Crippen LogP contribution in [-0.4, -0.2) is 13.3 Å². The van der Waals surface area contributed by atoms with E-state index in [1.54, 1.807) is 0 Å². The summed E-state index contributed by atoms with van der Waals surface area (Å²) < 4.78 is 29.4. The van der Waals surface area contributed by atoms with Gasteiger partial charge in [-0.3, -0.25) is 4.39 Å². The topological polar surface area (TPSA) is 35.2 Å². The molecule has 0 fully saturated rings. The quantitative estimate of drug-likeness (QED) is 0.579. The second-order valence-corrected chi connectivity index (χ2v) is 2.57. The van der Waals surface area contributed by atoms with Crippen LogP contribution in [0.4, 0.5) is 14.5 Å². The lowest BCUT2D eigenvalue weighted by molar-refractivity contribution is 0.290. The fraction of sp³-hybridized carbons (Fsp3) is 0.333. The molecule has 0 unspecified atom stereocenters. The van der Waals surface area contributed by atoms with Gasteiger partial charge >= 0.3 is 0 Å². The molecule has 0 heterocycles. The van der Waals surface area contributed by atoms with E-state index in [0.29, 0.717) is 5.69 Å². The van der Waals surface area contributed by atoms with Crippen LogP contribution in [0, 0.1) is 5.82 Å². The highest BCUT2D eigenvalue weighted by atomic mass is 19.1. The zero-order valence-corrected chi connectivity index (χ0v) is 7.09. The SMILES string of the molecule is Nc1ccc(F)cc1OCCCF. The maximum Gasteiger partial charge on any atom is 0.145 e. The third-order valence-electron chi connectivity index (χ3n) is 1.51. The molecule has 0 bridgehead atoms. The van der Waals surface area contributed by atoms with Crippen molar-refractivity contribution in [1.29, 1.82) is 0 Å². The van der Waals surface area contributed by atoms with Crippen molar-refractivity contribution < 1.29 is 13.5 Å². The monoisotopic (exact) mass is 187 g/mol. The highest BCUT2D eigenvalue weighted by molar-refractivity contribution is 5.52. The second kappa shape index (κ2) is 4.64. The van der Waals surface area contributed by atoms with Crippen LogP contribution in [-0.2, 0) is 0 Å². The molecule has 0 radical (unpaired) electrons. The van der Waals surface area contributed by atoms with Gasteiger partial charge in [-0.1, -0.05) is 0 Å². The van der Waals surface area contributed by atoms with Gasteiger partial charge in [-0.2, -0.15) is 0 Å². The zero-order valence-electron chi connectivity index (χ0n) is 7.09. The van der Waals surface area contributed by atoms with E-state index in [0.717, 1.165) is 0 Å². The molecule has 72 valence electrons. The van der Waals surface area contributed by atoms with E-state index in [2.05, 4.69) is 0 Å². The van der Waals surface area contributed by atoms with E-state index in [-0.39, 0.29) is 18.8 Å². The maximum absolute atomic E-state index is 12.6. The van der Waals surface area contributed by atoms with Crippen molar-refractivity contribution in [3.05, 3.63) is 24.0 Å². The molecule has 0 aliphatic heterocycles. The lowest BCUT2D eigenvalue weighted by Gasteiger charge is -2.07. The number of alkyl halides is 1. The Balaban J connectivity index is 2.59. The molecule has 2 nitrogen and oxygen atoms in total. The summed E-state index contributed by atoms with van der Waals surface area (Å²) in [6.07, 6.45) is 0.288. The van der Waals surface area contributed by atoms with Crippen LogP contribution < -0.4 is 10.5 Å². The predicted octanol–water partition coefficient (Wildman–Crippen LogP) is 2.15. The lowest BCUT2D eigenvalue weighted by Crippen LogP contribution is -2.01. The third-order valence-corrected chi connectivity index (χ3v) is 1.51. The Morgan fingerprint density at radius 3 is 2.85 bits per heavy atom. The standard InChI is InChI=1S/C9H11F2NO/c10-4-1-5-13-9-6-7(11)2-3-8(9)12/h2-3,6H,1,4-5,12H2. The van der Waals surface area contributed by atoms with Gasteiger partial charge in [0, 0.05) is 12.5 Å². The van der Waals surface area contributed by atoms with Gasteiger partial charge in [0.1, 0.15) is 11.6 Å². The number of rotatable bonds is 4. The van der Waals surface area contributed by atoms with Crippen molar-refractivity contribution in [2.45, 2.75) is 6.42 Å². The van der Waals surface area contributed by atoms with Gasteiger partial charge in [-0.05, 0) is 12.1 Å². The summed E-state index contributed by atoms with van der Waals surface area (Å²) in [5, 5.41) is 0. The van der Waals surface area contributed by atoms with Gasteiger partial charge in [-0.25, -0.2) is 4.39 Å². The number of anilines is 1. The summed E-state index contributed by atoms with van der Waals surface area (Å²) in [7, 11) is 0. The first kappa shape index (κ1) is 9.77. The summed E-state index contributed by atoms with van der Waals surface area (Å²) in [6, 6.07) is 3.85. The van der Waals surface area contributed by atoms with Crippen LogP contribution in [0.5, 0.6) is 5.75 Å². The summed E-state index contributed by atoms with van der Waals surface area (Å²) in [6.45, 7) is -0.237. The van der Waals surface area contributed by atoms with Crippen molar-refractivity contribution in [2.24, 2.45) is 0 Å². The summed E-state index contributed by atoms with van der Waals surface area (Å²) >= 11 is 0. The van der Waals surface area contributed by atoms with Crippen molar-refractivity contribution in [1.82, 2.24) is 0 Å². The van der Waals surface area contributed by atoms with Gasteiger partial charge in [0.05, 0.1) is 19.0 Å². The molecule has 4 heteroatoms. The minimum atomic E-state index is -0.449. The van der Waals surface area contributed by atoms with Crippen molar-refractivity contribution >= 4 is 5.69 Å². The Morgan fingerprint density at radius 2 is 2.15 bits per heavy atom. The number of benzene rings is 1. The van der Waals surface area contributed by atoms with Crippen LogP contribution >= 0.6 is 0 Å². The van der Waals surface area contributed by atoms with Crippen LogP contribution in [0.15, 0.2) is 18.2 Å². The van der Waals surface area contributed by atoms with Crippen LogP contribution in [0.3, 0.4) is 0 Å². The molecule has 0 spiro atoms. The molecule has 2 N–H and O–H groups in total. The lowest BCUT2D eigenvalue weighted by atomic mass is 10.3. The number of ether oxygens (including phenoxy) is 1. The molecule has 0 aliphatic carbocycles. The molecule has 1 aromatic carbocycles. The molecule has 0 atom stereocenters. The normalized spacial score (nSPS) is 10.0. The average molecular weight is 187 g/mol. The summed E-state index contributed by atoms with van der Waals surface area (Å²) in [4.78, 5) is 0. The van der Waals surface area contributed by atoms with Crippen molar-refractivity contribution in [3.8, 4) is 5.75 Å². The Bertz CT molecular complexity index is 278. The first-order valence-electron chi connectivity index (χ1n) is 3.98. The Hall–Kier alpha value is -1.32. The minimum absolute atomic E-state index is 0.212. The molecule has 0 saturated heterocycles. The average Bonchev–Trinajstić information content (AvgIpc) is 2.11. The molecule has 1 aromatic rings.